The fourth-order valence-electron chi connectivity index (χ4n) is 10.9. The van der Waals surface area contributed by atoms with Gasteiger partial charge in [0, 0.05) is 118 Å². The van der Waals surface area contributed by atoms with Crippen LogP contribution < -0.4 is 0 Å². The van der Waals surface area contributed by atoms with Gasteiger partial charge in [-0.15, -0.1) is 11.3 Å². The lowest BCUT2D eigenvalue weighted by atomic mass is 9.86. The minimum absolute atomic E-state index is 0.00542. The van der Waals surface area contributed by atoms with E-state index < -0.39 is 5.95 Å². The molecule has 20 heteroatoms. The number of rotatable bonds is 5. The van der Waals surface area contributed by atoms with Crippen LogP contribution in [0.4, 0.5) is 22.0 Å². The Morgan fingerprint density at radius 1 is 0.366 bits per heavy atom. The van der Waals surface area contributed by atoms with Crippen LogP contribution in [0.3, 0.4) is 0 Å². The molecule has 0 atom stereocenters. The molecule has 0 aliphatic heterocycles. The van der Waals surface area contributed by atoms with Gasteiger partial charge in [0.25, 0.3) is 0 Å². The van der Waals surface area contributed by atoms with Gasteiger partial charge < -0.3 is 4.52 Å². The van der Waals surface area contributed by atoms with Crippen LogP contribution in [-0.2, 0) is 43.3 Å². The first-order valence-corrected chi connectivity index (χ1v) is 43.2. The van der Waals surface area contributed by atoms with Crippen molar-refractivity contribution in [1.29, 1.82) is 0 Å². The van der Waals surface area contributed by atoms with E-state index in [0.717, 1.165) is 61.8 Å². The van der Waals surface area contributed by atoms with E-state index in [1.807, 2.05) is 172 Å². The summed E-state index contributed by atoms with van der Waals surface area (Å²) < 4.78 is 69.6. The molecule has 11 aromatic heterocycles. The third-order valence-electron chi connectivity index (χ3n) is 18.5. The van der Waals surface area contributed by atoms with Gasteiger partial charge in [0.2, 0.25) is 35.6 Å². The van der Waals surface area contributed by atoms with Crippen molar-refractivity contribution in [3.8, 4) is 0 Å². The Bertz CT molecular complexity index is 4820. The molecule has 11 rings (SSSR count). The van der Waals surface area contributed by atoms with Gasteiger partial charge in [-0.1, -0.05) is 256 Å². The van der Waals surface area contributed by atoms with Crippen molar-refractivity contribution in [1.82, 2.24) is 60.0 Å². The Morgan fingerprint density at radius 3 is 1.18 bits per heavy atom. The highest BCUT2D eigenvalue weighted by Gasteiger charge is 2.23. The topological polar surface area (TPSA) is 185 Å². The smallest absolute Gasteiger partial charge is 0.223 e. The number of pyridine rings is 9. The minimum atomic E-state index is -0.396. The molecule has 674 valence electrons. The minimum Gasteiger partial charge on any atom is -0.340 e. The molecular weight excluding hydrogens is 1560 g/mol. The number of hydrogen-bond donors (Lipinski definition) is 0. The van der Waals surface area contributed by atoms with E-state index in [2.05, 4.69) is 229 Å². The van der Waals surface area contributed by atoms with E-state index in [0.29, 0.717) is 52.4 Å². The molecule has 0 aliphatic carbocycles. The van der Waals surface area contributed by atoms with E-state index >= 15 is 0 Å². The molecule has 0 radical (unpaired) electrons. The Balaban J connectivity index is 0.000000677. The monoisotopic (exact) mass is 1710 g/mol. The second-order valence-corrected chi connectivity index (χ2v) is 40.9. The second kappa shape index (κ2) is 49.8. The highest BCUT2D eigenvalue weighted by atomic mass is 32.1. The standard InChI is InChI=1S/C11H15NO.3C10H14FN.3C10H15N.2C9H12FN.C8H13NS.C6H10N2O/c1-4-11(13)10-7-9(8(2)3)5-6-12-10;1-7-5-8(10(2,3)4)6-9(11)12-7;2*1-7-5-6-8(9(11)12-7)10(2,3)4;1-8-7-9(5-6-11-8)10(2,3)4;1-8-5-6-9(7-11-8)10(2,3)4;1-8-9(10(2,3)4)6-5-7-11-8;1-9(2,3)7-5-4-6-11-8(7)10;1-6(2)8-4-5-9(10)11-7(8)3;1-6-9-5-7(10-6)8(2,3)4;1-4(2)6-7-5(3)9-8-6/h5-8H,4H2,1-3H3;3*5-6H,1-4H3;3*5-7H,1-4H3;2*4-6H,1-3H3;5H,1-4H3;4H,1-3H3. The molecule has 0 aromatic carbocycles. The van der Waals surface area contributed by atoms with Gasteiger partial charge >= 0.3 is 0 Å². The summed E-state index contributed by atoms with van der Waals surface area (Å²) in [5, 5.41) is 4.89. The van der Waals surface area contributed by atoms with Crippen molar-refractivity contribution in [3.63, 3.8) is 0 Å². The largest absolute Gasteiger partial charge is 0.340 e. The summed E-state index contributed by atoms with van der Waals surface area (Å²) in [6.07, 6.45) is 11.3. The molecule has 0 aliphatic rings. The number of carbonyl (C=O) groups is 1. The maximum absolute atomic E-state index is 13.2. The van der Waals surface area contributed by atoms with Crippen molar-refractivity contribution >= 4 is 17.1 Å². The summed E-state index contributed by atoms with van der Waals surface area (Å²) in [5.74, 6) is 0.933. The van der Waals surface area contributed by atoms with Crippen molar-refractivity contribution in [2.75, 3.05) is 0 Å². The molecule has 0 bridgehead atoms. The third kappa shape index (κ3) is 43.6. The van der Waals surface area contributed by atoms with Gasteiger partial charge in [0.05, 0.1) is 5.01 Å². The zero-order valence-corrected chi connectivity index (χ0v) is 83.1. The number of hydrogen-bond acceptors (Lipinski definition) is 15. The van der Waals surface area contributed by atoms with Gasteiger partial charge in [-0.3, -0.25) is 24.7 Å². The van der Waals surface area contributed by atoms with Crippen LogP contribution in [0.2, 0.25) is 0 Å². The highest BCUT2D eigenvalue weighted by Crippen LogP contribution is 2.31. The van der Waals surface area contributed by atoms with Gasteiger partial charge in [0.1, 0.15) is 5.69 Å². The van der Waals surface area contributed by atoms with Gasteiger partial charge in [-0.05, 0) is 217 Å². The third-order valence-corrected chi connectivity index (χ3v) is 19.8. The SMILES string of the molecule is CC(C)(C)c1cccnc1F.CCC(=O)c1cc(C(C)C)ccn1.Cc1cc(C(C)(C)C)cc(F)n1.Cc1cc(C(C)(C)C)ccn1.Cc1ccc(C(C)(C)C)c(F)n1.Cc1ccc(C(C)(C)C)c(F)n1.Cc1ccc(C(C)(C)C)cn1.Cc1nc(C(C)C)no1.Cc1nc(F)ccc1C(C)C.Cc1ncc(C(C)(C)C)s1.Cc1ncccc1C(C)(C)C. The average molecular weight is 1710 g/mol. The van der Waals surface area contributed by atoms with Crippen LogP contribution >= 0.6 is 11.3 Å². The fourth-order valence-corrected chi connectivity index (χ4v) is 11.8. The Labute approximate surface area is 741 Å². The predicted molar refractivity (Wildman–Crippen MR) is 503 cm³/mol. The lowest BCUT2D eigenvalue weighted by molar-refractivity contribution is 0.0983. The number of ketones is 1. The van der Waals surface area contributed by atoms with Crippen molar-refractivity contribution < 1.29 is 31.3 Å². The first-order valence-electron chi connectivity index (χ1n) is 42.4. The molecule has 11 heterocycles. The second-order valence-electron chi connectivity index (χ2n) is 39.7. The molecule has 123 heavy (non-hydrogen) atoms. The van der Waals surface area contributed by atoms with Crippen LogP contribution in [0.5, 0.6) is 0 Å². The zero-order valence-electron chi connectivity index (χ0n) is 82.3. The number of carbonyl (C=O) groups excluding carboxylic acids is 1. The molecule has 0 saturated heterocycles. The van der Waals surface area contributed by atoms with Crippen LogP contribution in [0.15, 0.2) is 151 Å². The average Bonchev–Trinajstić information content (AvgIpc) is 1.30. The number of Topliss-reactive ketones (excluding diaryl/α,β-unsaturated/α-hetero) is 1. The molecule has 0 amide bonds. The molecule has 0 unspecified atom stereocenters. The summed E-state index contributed by atoms with van der Waals surface area (Å²) in [4.78, 5) is 56.1. The lowest BCUT2D eigenvalue weighted by Gasteiger charge is -2.20. The summed E-state index contributed by atoms with van der Waals surface area (Å²) in [5.41, 5.74) is 16.6. The van der Waals surface area contributed by atoms with Crippen LogP contribution in [-0.4, -0.2) is 65.8 Å². The number of halogens is 5. The summed E-state index contributed by atoms with van der Waals surface area (Å²) in [7, 11) is 0. The molecule has 0 N–H and O–H groups in total. The predicted octanol–water partition coefficient (Wildman–Crippen LogP) is 28.8. The molecule has 14 nitrogen and oxygen atoms in total. The summed E-state index contributed by atoms with van der Waals surface area (Å²) >= 11 is 1.78. The van der Waals surface area contributed by atoms with E-state index in [-0.39, 0.29) is 72.9 Å². The zero-order chi connectivity index (χ0) is 94.9. The van der Waals surface area contributed by atoms with E-state index in [9.17, 15) is 26.7 Å². The van der Waals surface area contributed by atoms with E-state index in [1.54, 1.807) is 75.6 Å². The molecule has 11 aromatic rings. The van der Waals surface area contributed by atoms with Crippen LogP contribution in [0.25, 0.3) is 0 Å². The molecule has 0 fully saturated rings. The Hall–Kier alpha value is -9.56. The highest BCUT2D eigenvalue weighted by molar-refractivity contribution is 7.11. The Morgan fingerprint density at radius 2 is 0.846 bits per heavy atom. The number of aromatic nitrogens is 12. The van der Waals surface area contributed by atoms with Gasteiger partial charge in [-0.2, -0.15) is 26.9 Å². The Kier molecular flexibility index (Phi) is 45.1. The van der Waals surface area contributed by atoms with E-state index in [4.69, 9.17) is 4.52 Å². The fraction of sp³-hybridized carbons (Fsp3) is 0.505. The van der Waals surface area contributed by atoms with Crippen LogP contribution in [0, 0.1) is 92.1 Å². The number of aryl methyl sites for hydroxylation is 9. The van der Waals surface area contributed by atoms with Crippen molar-refractivity contribution in [3.05, 3.63) is 293 Å². The quantitative estimate of drug-likeness (QED) is 0.0900. The van der Waals surface area contributed by atoms with Gasteiger partial charge in [0.15, 0.2) is 11.6 Å². The van der Waals surface area contributed by atoms with Crippen molar-refractivity contribution in [2.24, 2.45) is 0 Å². The normalized spacial score (nSPS) is 11.4. The maximum Gasteiger partial charge on any atom is 0.223 e. The van der Waals surface area contributed by atoms with Crippen molar-refractivity contribution in [2.45, 2.75) is 344 Å². The maximum atomic E-state index is 13.2. The molecule has 0 spiro atoms. The first kappa shape index (κ1) is 111. The van der Waals surface area contributed by atoms with Gasteiger partial charge in [-0.25, -0.2) is 29.9 Å². The molecule has 0 saturated carbocycles. The summed E-state index contributed by atoms with van der Waals surface area (Å²) in [6, 6.07) is 33.8. The first-order chi connectivity index (χ1) is 56.2. The number of nitrogens with zero attached hydrogens (tertiary/aromatic N) is 12. The molecular formula is C103H149F5N12O2S. The number of thiazole rings is 1. The van der Waals surface area contributed by atoms with Crippen LogP contribution in [0.1, 0.15) is 361 Å². The summed E-state index contributed by atoms with van der Waals surface area (Å²) in [6.45, 7) is 81.8. The lowest BCUT2D eigenvalue weighted by Crippen LogP contribution is -2.14. The van der Waals surface area contributed by atoms with E-state index in [1.165, 1.54) is 45.5 Å².